The van der Waals surface area contributed by atoms with Crippen molar-refractivity contribution in [2.24, 2.45) is 0 Å². The van der Waals surface area contributed by atoms with Crippen LogP contribution in [0.1, 0.15) is 36.2 Å². The van der Waals surface area contributed by atoms with Crippen LogP contribution in [0.5, 0.6) is 0 Å². The number of nitrogen functional groups attached to an aromatic ring is 1. The number of benzene rings is 2. The first-order valence-electron chi connectivity index (χ1n) is 9.47. The highest BCUT2D eigenvalue weighted by Gasteiger charge is 2.26. The van der Waals surface area contributed by atoms with Crippen LogP contribution in [0, 0.1) is 5.82 Å². The molecular weight excluding hydrogens is 371 g/mol. The van der Waals surface area contributed by atoms with Crippen LogP contribution in [-0.4, -0.2) is 26.6 Å². The minimum absolute atomic E-state index is 0.209. The molecule has 2 N–H and O–H groups in total. The molecule has 2 heterocycles. The first kappa shape index (κ1) is 18.9. The number of anilines is 1. The third-order valence-corrected chi connectivity index (χ3v) is 4.93. The van der Waals surface area contributed by atoms with Crippen LogP contribution < -0.4 is 5.73 Å². The summed E-state index contributed by atoms with van der Waals surface area (Å²) in [5.41, 5.74) is 9.66. The maximum absolute atomic E-state index is 13.3. The molecule has 6 nitrogen and oxygen atoms in total. The standard InChI is InChI=1S/C22H21FN4O2/c1-3-13(2)29-22(28)18-19-21(26-17-7-5-4-6-16(17)25-19)27(20(18)24)12-14-8-10-15(23)11-9-14/h4-11,13H,3,12,24H2,1-2H3. The van der Waals surface area contributed by atoms with Crippen molar-refractivity contribution < 1.29 is 13.9 Å². The number of carbonyl (C=O) groups excluding carboxylic acids is 1. The summed E-state index contributed by atoms with van der Waals surface area (Å²) in [5.74, 6) is -0.611. The molecule has 2 aromatic carbocycles. The van der Waals surface area contributed by atoms with E-state index < -0.39 is 5.97 Å². The lowest BCUT2D eigenvalue weighted by Crippen LogP contribution is -2.16. The van der Waals surface area contributed by atoms with Crippen LogP contribution in [0.15, 0.2) is 48.5 Å². The van der Waals surface area contributed by atoms with Gasteiger partial charge in [-0.2, -0.15) is 0 Å². The molecule has 0 spiro atoms. The second-order valence-electron chi connectivity index (χ2n) is 6.98. The number of fused-ring (bicyclic) bond motifs is 2. The van der Waals surface area contributed by atoms with E-state index in [1.165, 1.54) is 12.1 Å². The molecule has 0 amide bonds. The third-order valence-electron chi connectivity index (χ3n) is 4.93. The Balaban J connectivity index is 1.91. The fourth-order valence-corrected chi connectivity index (χ4v) is 3.18. The van der Waals surface area contributed by atoms with Gasteiger partial charge in [0.05, 0.1) is 23.7 Å². The number of para-hydroxylation sites is 2. The molecule has 1 atom stereocenters. The maximum atomic E-state index is 13.3. The Hall–Kier alpha value is -3.48. The average molecular weight is 392 g/mol. The van der Waals surface area contributed by atoms with Crippen LogP contribution >= 0.6 is 0 Å². The van der Waals surface area contributed by atoms with Gasteiger partial charge in [0.2, 0.25) is 0 Å². The smallest absolute Gasteiger partial charge is 0.344 e. The topological polar surface area (TPSA) is 83.0 Å². The minimum atomic E-state index is -0.524. The highest BCUT2D eigenvalue weighted by molar-refractivity contribution is 6.08. The lowest BCUT2D eigenvalue weighted by atomic mass is 10.2. The Bertz CT molecular complexity index is 1200. The summed E-state index contributed by atoms with van der Waals surface area (Å²) in [6, 6.07) is 13.5. The SMILES string of the molecule is CCC(C)OC(=O)c1c(N)n(Cc2ccc(F)cc2)c2nc3ccccc3nc12. The van der Waals surface area contributed by atoms with Crippen LogP contribution in [0.2, 0.25) is 0 Å². The second-order valence-corrected chi connectivity index (χ2v) is 6.98. The second kappa shape index (κ2) is 7.50. The van der Waals surface area contributed by atoms with E-state index in [2.05, 4.69) is 4.98 Å². The van der Waals surface area contributed by atoms with Crippen molar-refractivity contribution >= 4 is 34.0 Å². The van der Waals surface area contributed by atoms with E-state index in [4.69, 9.17) is 15.5 Å². The Morgan fingerprint density at radius 1 is 1.14 bits per heavy atom. The number of rotatable bonds is 5. The molecular formula is C22H21FN4O2. The summed E-state index contributed by atoms with van der Waals surface area (Å²) >= 11 is 0. The van der Waals surface area contributed by atoms with Crippen molar-refractivity contribution in [1.82, 2.24) is 14.5 Å². The van der Waals surface area contributed by atoms with Crippen LogP contribution in [0.4, 0.5) is 10.2 Å². The number of nitrogens with two attached hydrogens (primary N) is 1. The zero-order valence-corrected chi connectivity index (χ0v) is 16.2. The summed E-state index contributed by atoms with van der Waals surface area (Å²) in [6.07, 6.45) is 0.444. The Morgan fingerprint density at radius 3 is 2.45 bits per heavy atom. The number of nitrogens with zero attached hydrogens (tertiary/aromatic N) is 3. The van der Waals surface area contributed by atoms with Gasteiger partial charge in [0.1, 0.15) is 22.7 Å². The predicted octanol–water partition coefficient (Wildman–Crippen LogP) is 4.31. The fraction of sp³-hybridized carbons (Fsp3) is 0.227. The van der Waals surface area contributed by atoms with E-state index in [-0.39, 0.29) is 23.3 Å². The number of ether oxygens (including phenoxy) is 1. The van der Waals surface area contributed by atoms with Gasteiger partial charge in [0.25, 0.3) is 0 Å². The summed E-state index contributed by atoms with van der Waals surface area (Å²) < 4.78 is 20.5. The summed E-state index contributed by atoms with van der Waals surface area (Å²) in [4.78, 5) is 22.2. The lowest BCUT2D eigenvalue weighted by molar-refractivity contribution is 0.0338. The van der Waals surface area contributed by atoms with Gasteiger partial charge in [-0.15, -0.1) is 0 Å². The first-order valence-corrected chi connectivity index (χ1v) is 9.47. The average Bonchev–Trinajstić information content (AvgIpc) is 2.98. The monoisotopic (exact) mass is 392 g/mol. The molecule has 0 aliphatic heterocycles. The molecule has 4 rings (SSSR count). The molecule has 0 aliphatic rings. The third kappa shape index (κ3) is 3.51. The van der Waals surface area contributed by atoms with Gasteiger partial charge < -0.3 is 15.0 Å². The van der Waals surface area contributed by atoms with E-state index in [1.807, 2.05) is 38.1 Å². The van der Waals surface area contributed by atoms with Crippen molar-refractivity contribution in [2.45, 2.75) is 32.9 Å². The summed E-state index contributed by atoms with van der Waals surface area (Å²) in [7, 11) is 0. The molecule has 0 saturated heterocycles. The van der Waals surface area contributed by atoms with Gasteiger partial charge in [-0.3, -0.25) is 0 Å². The molecule has 29 heavy (non-hydrogen) atoms. The highest BCUT2D eigenvalue weighted by atomic mass is 19.1. The number of hydrogen-bond acceptors (Lipinski definition) is 5. The molecule has 2 aromatic heterocycles. The van der Waals surface area contributed by atoms with Crippen LogP contribution in [0.25, 0.3) is 22.2 Å². The molecule has 0 saturated carbocycles. The van der Waals surface area contributed by atoms with Crippen molar-refractivity contribution in [1.29, 1.82) is 0 Å². The molecule has 0 bridgehead atoms. The van der Waals surface area contributed by atoms with Crippen LogP contribution in [-0.2, 0) is 11.3 Å². The molecule has 4 aromatic rings. The Kier molecular flexibility index (Phi) is 4.88. The minimum Gasteiger partial charge on any atom is -0.459 e. The van der Waals surface area contributed by atoms with Gasteiger partial charge in [-0.05, 0) is 43.2 Å². The first-order chi connectivity index (χ1) is 14.0. The Labute approximate surface area is 167 Å². The van der Waals surface area contributed by atoms with Crippen molar-refractivity contribution in [2.75, 3.05) is 5.73 Å². The number of halogens is 1. The number of aromatic nitrogens is 3. The van der Waals surface area contributed by atoms with Gasteiger partial charge in [0, 0.05) is 0 Å². The highest BCUT2D eigenvalue weighted by Crippen LogP contribution is 2.29. The molecule has 148 valence electrons. The van der Waals surface area contributed by atoms with E-state index in [1.54, 1.807) is 16.7 Å². The zero-order chi connectivity index (χ0) is 20.5. The summed E-state index contributed by atoms with van der Waals surface area (Å²) in [6.45, 7) is 4.09. The number of esters is 1. The molecule has 7 heteroatoms. The van der Waals surface area contributed by atoms with Gasteiger partial charge in [-0.1, -0.05) is 31.2 Å². The fourth-order valence-electron chi connectivity index (χ4n) is 3.18. The van der Waals surface area contributed by atoms with Crippen LogP contribution in [0.3, 0.4) is 0 Å². The van der Waals surface area contributed by atoms with Crippen molar-refractivity contribution in [3.63, 3.8) is 0 Å². The van der Waals surface area contributed by atoms with Crippen molar-refractivity contribution in [3.05, 3.63) is 65.5 Å². The Morgan fingerprint density at radius 2 is 1.79 bits per heavy atom. The van der Waals surface area contributed by atoms with Gasteiger partial charge >= 0.3 is 5.97 Å². The molecule has 0 aliphatic carbocycles. The van der Waals surface area contributed by atoms with Gasteiger partial charge in [0.15, 0.2) is 5.65 Å². The number of hydrogen-bond donors (Lipinski definition) is 1. The molecule has 0 fully saturated rings. The van der Waals surface area contributed by atoms with E-state index >= 15 is 0 Å². The van der Waals surface area contributed by atoms with E-state index in [0.29, 0.717) is 35.2 Å². The number of carbonyl (C=O) groups is 1. The van der Waals surface area contributed by atoms with Gasteiger partial charge in [-0.25, -0.2) is 19.2 Å². The van der Waals surface area contributed by atoms with E-state index in [9.17, 15) is 9.18 Å². The van der Waals surface area contributed by atoms with Crippen molar-refractivity contribution in [3.8, 4) is 0 Å². The maximum Gasteiger partial charge on any atom is 0.344 e. The summed E-state index contributed by atoms with van der Waals surface area (Å²) in [5, 5.41) is 0. The van der Waals surface area contributed by atoms with E-state index in [0.717, 1.165) is 5.56 Å². The lowest BCUT2D eigenvalue weighted by Gasteiger charge is -2.11. The molecule has 1 unspecified atom stereocenters. The predicted molar refractivity (Wildman–Crippen MR) is 110 cm³/mol. The zero-order valence-electron chi connectivity index (χ0n) is 16.2. The largest absolute Gasteiger partial charge is 0.459 e. The normalized spacial score (nSPS) is 12.4. The molecule has 0 radical (unpaired) electrons. The quantitative estimate of drug-likeness (QED) is 0.512.